The summed E-state index contributed by atoms with van der Waals surface area (Å²) in [4.78, 5) is 22.9. The highest BCUT2D eigenvalue weighted by Gasteiger charge is 2.10. The van der Waals surface area contributed by atoms with Gasteiger partial charge in [0.25, 0.3) is 0 Å². The Kier molecular flexibility index (Phi) is 5.57. The molecule has 0 aliphatic carbocycles. The first-order valence-corrected chi connectivity index (χ1v) is 7.16. The van der Waals surface area contributed by atoms with Gasteiger partial charge in [-0.15, -0.1) is 0 Å². The van der Waals surface area contributed by atoms with E-state index in [1.807, 2.05) is 0 Å². The number of aryl methyl sites for hydroxylation is 1. The Morgan fingerprint density at radius 2 is 1.62 bits per heavy atom. The second-order valence-electron chi connectivity index (χ2n) is 5.17. The molecular formula is C17H15F3N2O2. The number of carbonyl (C=O) groups is 2. The number of hydrogen-bond donors (Lipinski definition) is 2. The van der Waals surface area contributed by atoms with Gasteiger partial charge in [0.05, 0.1) is 5.69 Å². The smallest absolute Gasteiger partial charge is 0.224 e. The van der Waals surface area contributed by atoms with Crippen LogP contribution in [0, 0.1) is 17.5 Å². The van der Waals surface area contributed by atoms with E-state index in [1.54, 1.807) is 0 Å². The van der Waals surface area contributed by atoms with E-state index < -0.39 is 23.4 Å². The molecule has 0 saturated carbocycles. The van der Waals surface area contributed by atoms with Crippen LogP contribution in [0.2, 0.25) is 0 Å². The molecule has 0 radical (unpaired) electrons. The van der Waals surface area contributed by atoms with E-state index in [0.29, 0.717) is 11.3 Å². The Morgan fingerprint density at radius 3 is 2.29 bits per heavy atom. The van der Waals surface area contributed by atoms with Gasteiger partial charge in [0.2, 0.25) is 11.8 Å². The van der Waals surface area contributed by atoms with Crippen molar-refractivity contribution in [2.75, 3.05) is 10.6 Å². The fraction of sp³-hybridized carbons (Fsp3) is 0.176. The predicted molar refractivity (Wildman–Crippen MR) is 84.0 cm³/mol. The summed E-state index contributed by atoms with van der Waals surface area (Å²) < 4.78 is 39.6. The average Bonchev–Trinajstić information content (AvgIpc) is 2.51. The predicted octanol–water partition coefficient (Wildman–Crippen LogP) is 3.63. The van der Waals surface area contributed by atoms with Crippen LogP contribution < -0.4 is 10.6 Å². The zero-order chi connectivity index (χ0) is 17.7. The maximum Gasteiger partial charge on any atom is 0.224 e. The van der Waals surface area contributed by atoms with E-state index in [2.05, 4.69) is 10.6 Å². The molecule has 0 spiro atoms. The van der Waals surface area contributed by atoms with Gasteiger partial charge in [-0.25, -0.2) is 13.2 Å². The fourth-order valence-corrected chi connectivity index (χ4v) is 2.07. The first-order valence-electron chi connectivity index (χ1n) is 7.16. The maximum atomic E-state index is 13.7. The molecule has 2 amide bonds. The second-order valence-corrected chi connectivity index (χ2v) is 5.17. The molecule has 7 heteroatoms. The number of hydrogen-bond acceptors (Lipinski definition) is 2. The molecule has 0 aromatic heterocycles. The molecular weight excluding hydrogens is 321 g/mol. The standard InChI is InChI=1S/C17H15F3N2O2/c1-10(23)21-12-4-6-14(19)16(9-12)22-17(24)7-3-11-2-5-13(18)15(20)8-11/h2,4-6,8-9H,3,7H2,1H3,(H,21,23)(H,22,24). The Labute approximate surface area is 136 Å². The highest BCUT2D eigenvalue weighted by atomic mass is 19.2. The Balaban J connectivity index is 1.98. The Hall–Kier alpha value is -2.83. The molecule has 0 unspecified atom stereocenters. The molecule has 2 N–H and O–H groups in total. The number of benzene rings is 2. The lowest BCUT2D eigenvalue weighted by Gasteiger charge is -2.09. The minimum atomic E-state index is -0.984. The van der Waals surface area contributed by atoms with Crippen LogP contribution in [0.5, 0.6) is 0 Å². The highest BCUT2D eigenvalue weighted by molar-refractivity contribution is 5.93. The lowest BCUT2D eigenvalue weighted by Crippen LogP contribution is -2.14. The van der Waals surface area contributed by atoms with Crippen LogP contribution >= 0.6 is 0 Å². The maximum absolute atomic E-state index is 13.7. The van der Waals surface area contributed by atoms with Crippen molar-refractivity contribution >= 4 is 23.2 Å². The third-order valence-electron chi connectivity index (χ3n) is 3.19. The molecule has 0 bridgehead atoms. The number of rotatable bonds is 5. The molecule has 4 nitrogen and oxygen atoms in total. The van der Waals surface area contributed by atoms with Gasteiger partial charge in [-0.3, -0.25) is 9.59 Å². The van der Waals surface area contributed by atoms with Gasteiger partial charge in [-0.2, -0.15) is 0 Å². The number of carbonyl (C=O) groups excluding carboxylic acids is 2. The molecule has 2 rings (SSSR count). The van der Waals surface area contributed by atoms with Crippen molar-refractivity contribution in [1.29, 1.82) is 0 Å². The first-order chi connectivity index (χ1) is 11.3. The number of amides is 2. The lowest BCUT2D eigenvalue weighted by atomic mass is 10.1. The van der Waals surface area contributed by atoms with E-state index in [1.165, 1.54) is 25.1 Å². The molecule has 0 saturated heterocycles. The van der Waals surface area contributed by atoms with E-state index in [0.717, 1.165) is 18.2 Å². The zero-order valence-corrected chi connectivity index (χ0v) is 12.8. The summed E-state index contributed by atoms with van der Waals surface area (Å²) in [6.07, 6.45) is 0.144. The van der Waals surface area contributed by atoms with Gasteiger partial charge in [0.15, 0.2) is 11.6 Å². The highest BCUT2D eigenvalue weighted by Crippen LogP contribution is 2.20. The summed E-state index contributed by atoms with van der Waals surface area (Å²) in [5.41, 5.74) is 0.730. The molecule has 2 aromatic rings. The van der Waals surface area contributed by atoms with Crippen molar-refractivity contribution < 1.29 is 22.8 Å². The van der Waals surface area contributed by atoms with Crippen LogP contribution in [0.1, 0.15) is 18.9 Å². The third-order valence-corrected chi connectivity index (χ3v) is 3.19. The minimum absolute atomic E-state index is 0.0329. The van der Waals surface area contributed by atoms with E-state index in [4.69, 9.17) is 0 Å². The van der Waals surface area contributed by atoms with E-state index in [9.17, 15) is 22.8 Å². The summed E-state index contributed by atoms with van der Waals surface area (Å²) in [6.45, 7) is 1.31. The van der Waals surface area contributed by atoms with Crippen molar-refractivity contribution in [3.63, 3.8) is 0 Å². The summed E-state index contributed by atoms with van der Waals surface area (Å²) >= 11 is 0. The molecule has 2 aromatic carbocycles. The Bertz CT molecular complexity index is 778. The fourth-order valence-electron chi connectivity index (χ4n) is 2.07. The summed E-state index contributed by atoms with van der Waals surface area (Å²) in [7, 11) is 0. The molecule has 0 fully saturated rings. The zero-order valence-electron chi connectivity index (χ0n) is 12.8. The normalized spacial score (nSPS) is 10.3. The quantitative estimate of drug-likeness (QED) is 0.876. The van der Waals surface area contributed by atoms with E-state index >= 15 is 0 Å². The van der Waals surface area contributed by atoms with Crippen molar-refractivity contribution in [1.82, 2.24) is 0 Å². The summed E-state index contributed by atoms with van der Waals surface area (Å²) in [6, 6.07) is 7.17. The molecule has 24 heavy (non-hydrogen) atoms. The minimum Gasteiger partial charge on any atom is -0.326 e. The largest absolute Gasteiger partial charge is 0.326 e. The van der Waals surface area contributed by atoms with Gasteiger partial charge in [0, 0.05) is 19.0 Å². The van der Waals surface area contributed by atoms with Crippen LogP contribution in [0.3, 0.4) is 0 Å². The lowest BCUT2D eigenvalue weighted by molar-refractivity contribution is -0.116. The van der Waals surface area contributed by atoms with Crippen molar-refractivity contribution in [3.05, 3.63) is 59.4 Å². The van der Waals surface area contributed by atoms with Gasteiger partial charge >= 0.3 is 0 Å². The number of nitrogens with one attached hydrogen (secondary N) is 2. The molecule has 0 heterocycles. The van der Waals surface area contributed by atoms with Crippen molar-refractivity contribution in [2.45, 2.75) is 19.8 Å². The van der Waals surface area contributed by atoms with Crippen LogP contribution in [0.25, 0.3) is 0 Å². The van der Waals surface area contributed by atoms with Crippen LogP contribution in [-0.2, 0) is 16.0 Å². The topological polar surface area (TPSA) is 58.2 Å². The van der Waals surface area contributed by atoms with Crippen molar-refractivity contribution in [3.8, 4) is 0 Å². The van der Waals surface area contributed by atoms with Gasteiger partial charge in [0.1, 0.15) is 5.82 Å². The van der Waals surface area contributed by atoms with Crippen molar-refractivity contribution in [2.24, 2.45) is 0 Å². The molecule has 126 valence electrons. The van der Waals surface area contributed by atoms with Crippen LogP contribution in [0.15, 0.2) is 36.4 Å². The van der Waals surface area contributed by atoms with Crippen LogP contribution in [0.4, 0.5) is 24.5 Å². The SMILES string of the molecule is CC(=O)Nc1ccc(F)c(NC(=O)CCc2ccc(F)c(F)c2)c1. The van der Waals surface area contributed by atoms with E-state index in [-0.39, 0.29) is 24.4 Å². The van der Waals surface area contributed by atoms with Gasteiger partial charge in [-0.1, -0.05) is 6.07 Å². The summed E-state index contributed by atoms with van der Waals surface area (Å²) in [5, 5.41) is 4.87. The first kappa shape index (κ1) is 17.5. The van der Waals surface area contributed by atoms with Crippen LogP contribution in [-0.4, -0.2) is 11.8 Å². The monoisotopic (exact) mass is 336 g/mol. The average molecular weight is 336 g/mol. The third kappa shape index (κ3) is 4.84. The molecule has 0 atom stereocenters. The summed E-state index contributed by atoms with van der Waals surface area (Å²) in [5.74, 6) is -3.40. The number of halogens is 3. The van der Waals surface area contributed by atoms with Gasteiger partial charge < -0.3 is 10.6 Å². The molecule has 0 aliphatic rings. The Morgan fingerprint density at radius 1 is 0.917 bits per heavy atom. The van der Waals surface area contributed by atoms with Gasteiger partial charge in [-0.05, 0) is 42.3 Å². The number of anilines is 2. The molecule has 0 aliphatic heterocycles. The second kappa shape index (κ2) is 7.63.